The molecule has 2 aromatic carbocycles. The summed E-state index contributed by atoms with van der Waals surface area (Å²) in [6, 6.07) is 14.1. The molecule has 34 heavy (non-hydrogen) atoms. The van der Waals surface area contributed by atoms with Crippen molar-refractivity contribution < 1.29 is 9.90 Å². The Hall–Kier alpha value is -3.54. The highest BCUT2D eigenvalue weighted by molar-refractivity contribution is 6.06. The van der Waals surface area contributed by atoms with E-state index in [2.05, 4.69) is 52.1 Å². The molecule has 0 radical (unpaired) electrons. The molecule has 3 aliphatic rings. The summed E-state index contributed by atoms with van der Waals surface area (Å²) in [4.78, 5) is 16.6. The molecule has 1 aromatic heterocycles. The predicted octanol–water partition coefficient (Wildman–Crippen LogP) is 7.05. The molecule has 1 saturated carbocycles. The van der Waals surface area contributed by atoms with Crippen molar-refractivity contribution in [2.45, 2.75) is 64.1 Å². The van der Waals surface area contributed by atoms with Crippen LogP contribution in [-0.4, -0.2) is 27.6 Å². The molecule has 1 atom stereocenters. The zero-order valence-electron chi connectivity index (χ0n) is 19.4. The van der Waals surface area contributed by atoms with Crippen LogP contribution >= 0.6 is 0 Å². The molecule has 0 bridgehead atoms. The van der Waals surface area contributed by atoms with Crippen LogP contribution in [0.5, 0.6) is 0 Å². The highest BCUT2D eigenvalue weighted by atomic mass is 16.4. The second kappa shape index (κ2) is 8.35. The largest absolute Gasteiger partial charge is 0.478 e. The van der Waals surface area contributed by atoms with Crippen molar-refractivity contribution in [1.82, 2.24) is 4.57 Å². The molecule has 0 spiro atoms. The van der Waals surface area contributed by atoms with Gasteiger partial charge in [0, 0.05) is 22.0 Å². The van der Waals surface area contributed by atoms with Gasteiger partial charge in [0.05, 0.1) is 17.8 Å². The first-order chi connectivity index (χ1) is 16.6. The van der Waals surface area contributed by atoms with Gasteiger partial charge in [0.2, 0.25) is 0 Å². The number of fused-ring (bicyclic) bond motifs is 5. The molecular formula is C28H28N4O2. The summed E-state index contributed by atoms with van der Waals surface area (Å²) >= 11 is 0. The number of nitrogens with zero attached hydrogens (tertiary/aromatic N) is 4. The fraction of sp³-hybridized carbons (Fsp3) is 0.357. The summed E-state index contributed by atoms with van der Waals surface area (Å²) in [5.41, 5.74) is 7.22. The van der Waals surface area contributed by atoms with E-state index in [1.807, 2.05) is 12.1 Å². The molecule has 6 nitrogen and oxygen atoms in total. The molecule has 3 aromatic rings. The number of carbonyl (C=O) groups is 1. The van der Waals surface area contributed by atoms with Crippen LogP contribution in [-0.2, 0) is 6.54 Å². The third-order valence-corrected chi connectivity index (χ3v) is 7.45. The van der Waals surface area contributed by atoms with Crippen LogP contribution < -0.4 is 0 Å². The van der Waals surface area contributed by atoms with Crippen molar-refractivity contribution >= 4 is 28.8 Å². The van der Waals surface area contributed by atoms with Gasteiger partial charge in [-0.2, -0.15) is 5.11 Å². The van der Waals surface area contributed by atoms with Crippen LogP contribution in [0.15, 0.2) is 63.3 Å². The summed E-state index contributed by atoms with van der Waals surface area (Å²) in [7, 11) is 0. The summed E-state index contributed by atoms with van der Waals surface area (Å²) in [5.74, 6) is 0.261. The maximum atomic E-state index is 11.9. The van der Waals surface area contributed by atoms with Gasteiger partial charge in [0.25, 0.3) is 0 Å². The van der Waals surface area contributed by atoms with E-state index in [1.54, 1.807) is 6.07 Å². The smallest absolute Gasteiger partial charge is 0.335 e. The van der Waals surface area contributed by atoms with Gasteiger partial charge in [-0.05, 0) is 54.5 Å². The van der Waals surface area contributed by atoms with Crippen molar-refractivity contribution in [3.8, 4) is 11.3 Å². The minimum absolute atomic E-state index is 0.119. The van der Waals surface area contributed by atoms with E-state index in [4.69, 9.17) is 4.99 Å². The Bertz CT molecular complexity index is 1390. The van der Waals surface area contributed by atoms with E-state index >= 15 is 0 Å². The number of amidine groups is 1. The Morgan fingerprint density at radius 1 is 1.12 bits per heavy atom. The standard InChI is InChI=1S/C28H28N4O2/c1-2-24-29-27(31-30-24)20-14-18-10-6-7-11-21(18)26-25(17-8-4-3-5-9-17)22-13-12-19(28(33)34)15-23(22)32(26)16-20/h6-7,10-15,17,24H,2-5,8-9,16H2,1H3,(H,33,34). The molecule has 0 amide bonds. The monoisotopic (exact) mass is 452 g/mol. The van der Waals surface area contributed by atoms with Crippen LogP contribution in [0.4, 0.5) is 0 Å². The topological polar surface area (TPSA) is 79.3 Å². The quantitative estimate of drug-likeness (QED) is 0.460. The number of carboxylic acids is 1. The van der Waals surface area contributed by atoms with E-state index < -0.39 is 5.97 Å². The van der Waals surface area contributed by atoms with Crippen LogP contribution in [0.1, 0.15) is 72.9 Å². The van der Waals surface area contributed by atoms with Crippen molar-refractivity contribution in [2.75, 3.05) is 0 Å². The molecule has 6 rings (SSSR count). The molecule has 1 aliphatic carbocycles. The van der Waals surface area contributed by atoms with Crippen molar-refractivity contribution in [2.24, 2.45) is 15.2 Å². The van der Waals surface area contributed by atoms with Crippen LogP contribution in [0.3, 0.4) is 0 Å². The first kappa shape index (κ1) is 21.0. The van der Waals surface area contributed by atoms with Gasteiger partial charge in [0.1, 0.15) is 0 Å². The Morgan fingerprint density at radius 2 is 1.94 bits per heavy atom. The first-order valence-corrected chi connectivity index (χ1v) is 12.3. The minimum Gasteiger partial charge on any atom is -0.478 e. The zero-order chi connectivity index (χ0) is 23.2. The van der Waals surface area contributed by atoms with E-state index in [9.17, 15) is 9.90 Å². The Labute approximate surface area is 198 Å². The Kier molecular flexibility index (Phi) is 5.16. The fourth-order valence-electron chi connectivity index (χ4n) is 5.78. The number of rotatable bonds is 4. The lowest BCUT2D eigenvalue weighted by Crippen LogP contribution is -2.09. The predicted molar refractivity (Wildman–Crippen MR) is 135 cm³/mol. The maximum absolute atomic E-state index is 11.9. The van der Waals surface area contributed by atoms with Crippen LogP contribution in [0, 0.1) is 0 Å². The second-order valence-electron chi connectivity index (χ2n) is 9.53. The van der Waals surface area contributed by atoms with Crippen molar-refractivity contribution in [1.29, 1.82) is 0 Å². The summed E-state index contributed by atoms with van der Waals surface area (Å²) in [6.07, 6.45) is 9.02. The van der Waals surface area contributed by atoms with Gasteiger partial charge < -0.3 is 9.67 Å². The van der Waals surface area contributed by atoms with Crippen LogP contribution in [0.25, 0.3) is 28.2 Å². The van der Waals surface area contributed by atoms with Gasteiger partial charge in [-0.3, -0.25) is 0 Å². The second-order valence-corrected chi connectivity index (χ2v) is 9.53. The third-order valence-electron chi connectivity index (χ3n) is 7.45. The minimum atomic E-state index is -0.902. The number of carboxylic acid groups (broad SMARTS) is 1. The molecule has 1 fully saturated rings. The van der Waals surface area contributed by atoms with Gasteiger partial charge in [-0.25, -0.2) is 9.79 Å². The van der Waals surface area contributed by atoms with Gasteiger partial charge in [-0.1, -0.05) is 56.5 Å². The molecule has 1 unspecified atom stereocenters. The Morgan fingerprint density at radius 3 is 2.71 bits per heavy atom. The molecule has 0 saturated heterocycles. The molecule has 172 valence electrons. The number of aromatic nitrogens is 1. The summed E-state index contributed by atoms with van der Waals surface area (Å²) < 4.78 is 2.31. The van der Waals surface area contributed by atoms with Gasteiger partial charge in [0.15, 0.2) is 12.0 Å². The summed E-state index contributed by atoms with van der Waals surface area (Å²) in [6.45, 7) is 2.65. The summed E-state index contributed by atoms with van der Waals surface area (Å²) in [5, 5.41) is 19.6. The van der Waals surface area contributed by atoms with E-state index in [1.165, 1.54) is 54.3 Å². The lowest BCUT2D eigenvalue weighted by Gasteiger charge is -2.24. The third kappa shape index (κ3) is 3.40. The Balaban J connectivity index is 1.64. The first-order valence-electron chi connectivity index (χ1n) is 12.3. The average molecular weight is 453 g/mol. The van der Waals surface area contributed by atoms with E-state index in [-0.39, 0.29) is 6.17 Å². The number of hydrogen-bond acceptors (Lipinski definition) is 4. The van der Waals surface area contributed by atoms with Crippen molar-refractivity contribution in [3.63, 3.8) is 0 Å². The molecular weight excluding hydrogens is 424 g/mol. The molecule has 2 aliphatic heterocycles. The lowest BCUT2D eigenvalue weighted by atomic mass is 9.81. The van der Waals surface area contributed by atoms with E-state index in [0.29, 0.717) is 23.9 Å². The van der Waals surface area contributed by atoms with Gasteiger partial charge in [-0.15, -0.1) is 5.11 Å². The van der Waals surface area contributed by atoms with E-state index in [0.717, 1.165) is 23.1 Å². The number of aromatic carboxylic acids is 1. The maximum Gasteiger partial charge on any atom is 0.335 e. The highest BCUT2D eigenvalue weighted by Crippen LogP contribution is 2.46. The number of benzene rings is 2. The number of aliphatic imine (C=N–C) groups is 1. The molecule has 3 heterocycles. The zero-order valence-corrected chi connectivity index (χ0v) is 19.4. The highest BCUT2D eigenvalue weighted by Gasteiger charge is 2.30. The van der Waals surface area contributed by atoms with Gasteiger partial charge >= 0.3 is 5.97 Å². The molecule has 1 N–H and O–H groups in total. The van der Waals surface area contributed by atoms with Crippen LogP contribution in [0.2, 0.25) is 0 Å². The SMILES string of the molecule is CCC1N=NC(C2=Cc3ccccc3-c3c(C4CCCCC4)c4ccc(C(=O)O)cc4n3C2)=N1. The van der Waals surface area contributed by atoms with Crippen molar-refractivity contribution in [3.05, 3.63) is 64.7 Å². The number of azo groups is 1. The lowest BCUT2D eigenvalue weighted by molar-refractivity contribution is 0.0697. The fourth-order valence-corrected chi connectivity index (χ4v) is 5.78. The average Bonchev–Trinajstić information content (AvgIpc) is 3.43. The number of hydrogen-bond donors (Lipinski definition) is 1. The normalized spacial score (nSPS) is 20.0. The molecule has 6 heteroatoms.